The van der Waals surface area contributed by atoms with Crippen LogP contribution in [0.4, 0.5) is 0 Å². The molecule has 22 heavy (non-hydrogen) atoms. The maximum atomic E-state index is 12.5. The van der Waals surface area contributed by atoms with Crippen molar-refractivity contribution in [3.8, 4) is 0 Å². The molecule has 0 spiro atoms. The molecule has 114 valence electrons. The number of carbonyl (C=O) groups excluding carboxylic acids is 1. The molecule has 3 atom stereocenters. The van der Waals surface area contributed by atoms with Gasteiger partial charge in [-0.2, -0.15) is 0 Å². The van der Waals surface area contributed by atoms with Crippen LogP contribution in [0.15, 0.2) is 29.5 Å². The third-order valence-electron chi connectivity index (χ3n) is 4.75. The fourth-order valence-electron chi connectivity index (χ4n) is 3.66. The molecule has 0 aromatic carbocycles. The molecule has 1 amide bonds. The van der Waals surface area contributed by atoms with Gasteiger partial charge in [-0.3, -0.25) is 4.79 Å². The normalized spacial score (nSPS) is 27.0. The van der Waals surface area contributed by atoms with Gasteiger partial charge in [-0.25, -0.2) is 4.98 Å². The summed E-state index contributed by atoms with van der Waals surface area (Å²) in [4.78, 5) is 19.1. The number of hydrogen-bond acceptors (Lipinski definition) is 4. The van der Waals surface area contributed by atoms with Crippen LogP contribution in [0.5, 0.6) is 0 Å². The smallest absolute Gasteiger partial charge is 0.270 e. The lowest BCUT2D eigenvalue weighted by molar-refractivity contribution is 0.0904. The molecule has 2 aliphatic heterocycles. The first-order valence-corrected chi connectivity index (χ1v) is 7.76. The summed E-state index contributed by atoms with van der Waals surface area (Å²) in [5.41, 5.74) is 1.99. The van der Waals surface area contributed by atoms with Crippen molar-refractivity contribution >= 4 is 23.0 Å². The van der Waals surface area contributed by atoms with Crippen LogP contribution in [-0.4, -0.2) is 41.5 Å². The molecule has 2 fully saturated rings. The van der Waals surface area contributed by atoms with Gasteiger partial charge < -0.3 is 14.6 Å². The number of fused-ring (bicyclic) bond motifs is 3. The highest BCUT2D eigenvalue weighted by atomic mass is 16.3. The lowest BCUT2D eigenvalue weighted by Crippen LogP contribution is -2.47. The Bertz CT molecular complexity index is 725. The standard InChI is InChI=1S/C17H19N3O2/c1-2-12-10-22-16-7-18-15(6-14(12)16)17(21)19-13-5-11-3-4-20(8-11)9-13/h2,6-7,10-11,13H,1,3-5,8-9H2,(H,19,21)/t11-,13-/m1/s1. The van der Waals surface area contributed by atoms with Crippen LogP contribution in [0.2, 0.25) is 0 Å². The van der Waals surface area contributed by atoms with Crippen LogP contribution in [0.3, 0.4) is 0 Å². The highest BCUT2D eigenvalue weighted by Gasteiger charge is 2.33. The van der Waals surface area contributed by atoms with E-state index in [1.54, 1.807) is 24.6 Å². The molecule has 0 radical (unpaired) electrons. The van der Waals surface area contributed by atoms with Crippen molar-refractivity contribution in [2.24, 2.45) is 5.92 Å². The average Bonchev–Trinajstić information content (AvgIpc) is 3.09. The predicted molar refractivity (Wildman–Crippen MR) is 84.5 cm³/mol. The Morgan fingerprint density at radius 3 is 3.23 bits per heavy atom. The Balaban J connectivity index is 1.53. The van der Waals surface area contributed by atoms with E-state index in [0.717, 1.165) is 29.8 Å². The zero-order valence-corrected chi connectivity index (χ0v) is 12.4. The molecule has 2 aliphatic rings. The first-order valence-electron chi connectivity index (χ1n) is 7.76. The molecule has 4 rings (SSSR count). The van der Waals surface area contributed by atoms with E-state index in [9.17, 15) is 4.79 Å². The van der Waals surface area contributed by atoms with Gasteiger partial charge in [0.2, 0.25) is 0 Å². The quantitative estimate of drug-likeness (QED) is 0.944. The van der Waals surface area contributed by atoms with Crippen LogP contribution < -0.4 is 5.32 Å². The van der Waals surface area contributed by atoms with Gasteiger partial charge in [-0.05, 0) is 31.4 Å². The number of furan rings is 1. The summed E-state index contributed by atoms with van der Waals surface area (Å²) >= 11 is 0. The van der Waals surface area contributed by atoms with Crippen LogP contribution >= 0.6 is 0 Å². The van der Waals surface area contributed by atoms with E-state index in [4.69, 9.17) is 4.42 Å². The van der Waals surface area contributed by atoms with Gasteiger partial charge in [0.05, 0.1) is 12.5 Å². The topological polar surface area (TPSA) is 58.4 Å². The molecular formula is C17H19N3O2. The molecule has 0 aliphatic carbocycles. The van der Waals surface area contributed by atoms with Gasteiger partial charge in [0.25, 0.3) is 5.91 Å². The van der Waals surface area contributed by atoms with Crippen molar-refractivity contribution in [3.05, 3.63) is 36.4 Å². The Hall–Kier alpha value is -2.14. The number of aromatic nitrogens is 1. The van der Waals surface area contributed by atoms with E-state index in [2.05, 4.69) is 21.8 Å². The minimum Gasteiger partial charge on any atom is -0.462 e. The number of nitrogens with zero attached hydrogens (tertiary/aromatic N) is 2. The first-order chi connectivity index (χ1) is 10.7. The van der Waals surface area contributed by atoms with Crippen molar-refractivity contribution in [2.75, 3.05) is 19.6 Å². The third kappa shape index (κ3) is 2.31. The first kappa shape index (κ1) is 13.5. The highest BCUT2D eigenvalue weighted by molar-refractivity contribution is 5.97. The number of hydrogen-bond donors (Lipinski definition) is 1. The van der Waals surface area contributed by atoms with Crippen molar-refractivity contribution in [2.45, 2.75) is 18.9 Å². The fraction of sp³-hybridized carbons (Fsp3) is 0.412. The lowest BCUT2D eigenvalue weighted by atomic mass is 9.97. The summed E-state index contributed by atoms with van der Waals surface area (Å²) in [7, 11) is 0. The van der Waals surface area contributed by atoms with Crippen molar-refractivity contribution in [1.82, 2.24) is 15.2 Å². The molecule has 1 unspecified atom stereocenters. The molecule has 5 nitrogen and oxygen atoms in total. The van der Waals surface area contributed by atoms with Gasteiger partial charge >= 0.3 is 0 Å². The molecule has 1 N–H and O–H groups in total. The highest BCUT2D eigenvalue weighted by Crippen LogP contribution is 2.27. The summed E-state index contributed by atoms with van der Waals surface area (Å²) < 4.78 is 5.39. The second-order valence-corrected chi connectivity index (χ2v) is 6.28. The Kier molecular flexibility index (Phi) is 3.22. The molecule has 5 heteroatoms. The Morgan fingerprint density at radius 1 is 1.50 bits per heavy atom. The van der Waals surface area contributed by atoms with Crippen molar-refractivity contribution in [1.29, 1.82) is 0 Å². The summed E-state index contributed by atoms with van der Waals surface area (Å²) in [6, 6.07) is 2.01. The van der Waals surface area contributed by atoms with Crippen LogP contribution in [0.25, 0.3) is 17.0 Å². The van der Waals surface area contributed by atoms with Crippen molar-refractivity contribution < 1.29 is 9.21 Å². The largest absolute Gasteiger partial charge is 0.462 e. The average molecular weight is 297 g/mol. The van der Waals surface area contributed by atoms with E-state index in [1.165, 1.54) is 19.5 Å². The zero-order valence-electron chi connectivity index (χ0n) is 12.4. The maximum absolute atomic E-state index is 12.5. The minimum absolute atomic E-state index is 0.106. The summed E-state index contributed by atoms with van der Waals surface area (Å²) in [6.07, 6.45) is 7.29. The van der Waals surface area contributed by atoms with Crippen LogP contribution in [0, 0.1) is 5.92 Å². The minimum atomic E-state index is -0.106. The number of nitrogens with one attached hydrogen (secondary N) is 1. The molecule has 2 bridgehead atoms. The number of carbonyl (C=O) groups is 1. The molecule has 2 saturated heterocycles. The van der Waals surface area contributed by atoms with Crippen molar-refractivity contribution in [3.63, 3.8) is 0 Å². The van der Waals surface area contributed by atoms with E-state index >= 15 is 0 Å². The molecule has 0 saturated carbocycles. The van der Waals surface area contributed by atoms with Gasteiger partial charge in [0.1, 0.15) is 5.69 Å². The molecule has 2 aromatic heterocycles. The maximum Gasteiger partial charge on any atom is 0.270 e. The summed E-state index contributed by atoms with van der Waals surface area (Å²) in [6.45, 7) is 7.07. The second kappa shape index (κ2) is 5.25. The van der Waals surface area contributed by atoms with Crippen LogP contribution in [0.1, 0.15) is 28.9 Å². The SMILES string of the molecule is C=Cc1coc2cnc(C(=O)N[C@@H]3C[C@H]4CCN(C4)C3)cc12. The third-order valence-corrected chi connectivity index (χ3v) is 4.75. The summed E-state index contributed by atoms with van der Waals surface area (Å²) in [5.74, 6) is 0.626. The van der Waals surface area contributed by atoms with Gasteiger partial charge in [0.15, 0.2) is 5.58 Å². The van der Waals surface area contributed by atoms with E-state index in [-0.39, 0.29) is 11.9 Å². The van der Waals surface area contributed by atoms with E-state index in [0.29, 0.717) is 11.3 Å². The van der Waals surface area contributed by atoms with Crippen LogP contribution in [-0.2, 0) is 0 Å². The number of rotatable bonds is 3. The monoisotopic (exact) mass is 297 g/mol. The van der Waals surface area contributed by atoms with Gasteiger partial charge in [0, 0.05) is 30.1 Å². The zero-order chi connectivity index (χ0) is 15.1. The summed E-state index contributed by atoms with van der Waals surface area (Å²) in [5, 5.41) is 4.01. The molecule has 4 heterocycles. The fourth-order valence-corrected chi connectivity index (χ4v) is 3.66. The molecular weight excluding hydrogens is 278 g/mol. The van der Waals surface area contributed by atoms with Gasteiger partial charge in [-0.15, -0.1) is 0 Å². The van der Waals surface area contributed by atoms with E-state index in [1.807, 2.05) is 0 Å². The van der Waals surface area contributed by atoms with Gasteiger partial charge in [-0.1, -0.05) is 12.7 Å². The lowest BCUT2D eigenvalue weighted by Gasteiger charge is -2.30. The number of pyridine rings is 1. The second-order valence-electron chi connectivity index (χ2n) is 6.28. The predicted octanol–water partition coefficient (Wildman–Crippen LogP) is 2.29. The Morgan fingerprint density at radius 2 is 2.41 bits per heavy atom. The Labute approximate surface area is 129 Å². The molecule has 2 aromatic rings. The number of amides is 1. The number of piperidine rings is 1. The van der Waals surface area contributed by atoms with E-state index < -0.39 is 0 Å².